The molecule has 0 saturated carbocycles. The first-order valence-corrected chi connectivity index (χ1v) is 7.87. The van der Waals surface area contributed by atoms with Crippen LogP contribution in [0, 0.1) is 16.0 Å². The highest BCUT2D eigenvalue weighted by Gasteiger charge is 2.19. The summed E-state index contributed by atoms with van der Waals surface area (Å²) in [6.45, 7) is 8.04. The number of piperidine rings is 1. The Morgan fingerprint density at radius 2 is 2.05 bits per heavy atom. The number of rotatable bonds is 6. The summed E-state index contributed by atoms with van der Waals surface area (Å²) in [4.78, 5) is 13.1. The number of hydrogen-bond donors (Lipinski definition) is 1. The fraction of sp³-hybridized carbons (Fsp3) is 0.625. The predicted molar refractivity (Wildman–Crippen MR) is 85.6 cm³/mol. The molecule has 2 rings (SSSR count). The van der Waals surface area contributed by atoms with Crippen LogP contribution in [0.2, 0.25) is 0 Å². The molecule has 1 heterocycles. The van der Waals surface area contributed by atoms with Gasteiger partial charge in [-0.25, -0.2) is 0 Å². The van der Waals surface area contributed by atoms with Crippen molar-refractivity contribution in [2.45, 2.75) is 39.7 Å². The summed E-state index contributed by atoms with van der Waals surface area (Å²) in [6.07, 6.45) is 3.81. The number of benzene rings is 1. The molecule has 1 saturated heterocycles. The molecule has 1 fully saturated rings. The van der Waals surface area contributed by atoms with Crippen molar-refractivity contribution in [2.75, 3.05) is 25.0 Å². The molecule has 21 heavy (non-hydrogen) atoms. The van der Waals surface area contributed by atoms with Crippen molar-refractivity contribution in [3.63, 3.8) is 0 Å². The Hall–Kier alpha value is -1.62. The Balaban J connectivity index is 2.03. The quantitative estimate of drug-likeness (QED) is 0.642. The van der Waals surface area contributed by atoms with Gasteiger partial charge in [-0.2, -0.15) is 0 Å². The fourth-order valence-corrected chi connectivity index (χ4v) is 2.98. The van der Waals surface area contributed by atoms with E-state index in [1.165, 1.54) is 19.3 Å². The van der Waals surface area contributed by atoms with Crippen LogP contribution in [0.1, 0.15) is 38.7 Å². The molecule has 1 aromatic rings. The van der Waals surface area contributed by atoms with Gasteiger partial charge in [-0.1, -0.05) is 19.4 Å². The summed E-state index contributed by atoms with van der Waals surface area (Å²) < 4.78 is 0. The minimum Gasteiger partial charge on any atom is -0.380 e. The molecule has 5 nitrogen and oxygen atoms in total. The third-order valence-electron chi connectivity index (χ3n) is 4.32. The van der Waals surface area contributed by atoms with Gasteiger partial charge in [-0.05, 0) is 50.4 Å². The first-order chi connectivity index (χ1) is 10.1. The van der Waals surface area contributed by atoms with E-state index in [4.69, 9.17) is 0 Å². The van der Waals surface area contributed by atoms with E-state index in [9.17, 15) is 10.1 Å². The summed E-state index contributed by atoms with van der Waals surface area (Å²) in [7, 11) is 0. The van der Waals surface area contributed by atoms with Crippen molar-refractivity contribution in [3.05, 3.63) is 33.9 Å². The lowest BCUT2D eigenvalue weighted by Crippen LogP contribution is -2.33. The van der Waals surface area contributed by atoms with Crippen molar-refractivity contribution in [1.82, 2.24) is 4.90 Å². The first kappa shape index (κ1) is 15.8. The van der Waals surface area contributed by atoms with Crippen molar-refractivity contribution in [1.29, 1.82) is 0 Å². The monoisotopic (exact) mass is 291 g/mol. The molecule has 0 unspecified atom stereocenters. The number of nitro groups is 1. The fourth-order valence-electron chi connectivity index (χ4n) is 2.98. The van der Waals surface area contributed by atoms with Crippen LogP contribution in [-0.4, -0.2) is 29.5 Å². The van der Waals surface area contributed by atoms with Crippen LogP contribution in [0.3, 0.4) is 0 Å². The van der Waals surface area contributed by atoms with E-state index in [2.05, 4.69) is 17.1 Å². The van der Waals surface area contributed by atoms with E-state index in [0.29, 0.717) is 12.2 Å². The molecule has 0 radical (unpaired) electrons. The molecule has 1 aliphatic rings. The summed E-state index contributed by atoms with van der Waals surface area (Å²) in [5, 5.41) is 14.1. The summed E-state index contributed by atoms with van der Waals surface area (Å²) in [5.74, 6) is 0.871. The number of nitro benzene ring substituents is 1. The number of anilines is 1. The highest BCUT2D eigenvalue weighted by atomic mass is 16.6. The number of nitrogens with zero attached hydrogens (tertiary/aromatic N) is 2. The van der Waals surface area contributed by atoms with Crippen molar-refractivity contribution in [3.8, 4) is 0 Å². The first-order valence-electron chi connectivity index (χ1n) is 7.87. The van der Waals surface area contributed by atoms with Crippen LogP contribution in [0.5, 0.6) is 0 Å². The molecular weight excluding hydrogens is 266 g/mol. The maximum atomic E-state index is 11.0. The normalized spacial score (nSPS) is 16.9. The van der Waals surface area contributed by atoms with Gasteiger partial charge in [0.2, 0.25) is 0 Å². The Kier molecular flexibility index (Phi) is 5.56. The van der Waals surface area contributed by atoms with Gasteiger partial charge in [0, 0.05) is 19.2 Å². The zero-order valence-corrected chi connectivity index (χ0v) is 13.0. The summed E-state index contributed by atoms with van der Waals surface area (Å²) in [5.41, 5.74) is 1.93. The van der Waals surface area contributed by atoms with Crippen molar-refractivity contribution < 1.29 is 4.92 Å². The number of nitrogens with one attached hydrogen (secondary N) is 1. The zero-order valence-electron chi connectivity index (χ0n) is 13.0. The highest BCUT2D eigenvalue weighted by Crippen LogP contribution is 2.27. The SMILES string of the molecule is CCNc1cc(CN2CCC(CC)CC2)ccc1[N+](=O)[O-]. The second-order valence-electron chi connectivity index (χ2n) is 5.77. The van der Waals surface area contributed by atoms with Crippen LogP contribution in [0.4, 0.5) is 11.4 Å². The topological polar surface area (TPSA) is 58.4 Å². The van der Waals surface area contributed by atoms with E-state index in [0.717, 1.165) is 31.1 Å². The van der Waals surface area contributed by atoms with Gasteiger partial charge < -0.3 is 5.32 Å². The molecule has 116 valence electrons. The van der Waals surface area contributed by atoms with E-state index < -0.39 is 0 Å². The lowest BCUT2D eigenvalue weighted by molar-refractivity contribution is -0.384. The van der Waals surface area contributed by atoms with E-state index in [1.807, 2.05) is 19.1 Å². The van der Waals surface area contributed by atoms with Crippen LogP contribution < -0.4 is 5.32 Å². The Bertz CT molecular complexity index is 482. The van der Waals surface area contributed by atoms with Crippen LogP contribution in [0.15, 0.2) is 18.2 Å². The zero-order chi connectivity index (χ0) is 15.2. The summed E-state index contributed by atoms with van der Waals surface area (Å²) in [6, 6.07) is 5.42. The number of hydrogen-bond acceptors (Lipinski definition) is 4. The van der Waals surface area contributed by atoms with Crippen LogP contribution in [-0.2, 0) is 6.54 Å². The third kappa shape index (κ3) is 4.17. The van der Waals surface area contributed by atoms with Crippen molar-refractivity contribution in [2.24, 2.45) is 5.92 Å². The highest BCUT2D eigenvalue weighted by molar-refractivity contribution is 5.62. The second-order valence-corrected chi connectivity index (χ2v) is 5.77. The molecule has 0 atom stereocenters. The average molecular weight is 291 g/mol. The predicted octanol–water partition coefficient (Wildman–Crippen LogP) is 3.65. The standard InChI is InChI=1S/C16H25N3O2/c1-3-13-7-9-18(10-8-13)12-14-5-6-16(19(20)21)15(11-14)17-4-2/h5-6,11,13,17H,3-4,7-10,12H2,1-2H3. The molecule has 0 bridgehead atoms. The molecule has 0 amide bonds. The third-order valence-corrected chi connectivity index (χ3v) is 4.32. The second kappa shape index (κ2) is 7.41. The van der Waals surface area contributed by atoms with Gasteiger partial charge in [0.1, 0.15) is 5.69 Å². The molecule has 5 heteroatoms. The maximum Gasteiger partial charge on any atom is 0.292 e. The maximum absolute atomic E-state index is 11.0. The Morgan fingerprint density at radius 3 is 2.62 bits per heavy atom. The van der Waals surface area contributed by atoms with E-state index in [1.54, 1.807) is 6.07 Å². The smallest absolute Gasteiger partial charge is 0.292 e. The molecular formula is C16H25N3O2. The van der Waals surface area contributed by atoms with Gasteiger partial charge in [0.05, 0.1) is 4.92 Å². The minimum absolute atomic E-state index is 0.158. The molecule has 0 aliphatic carbocycles. The minimum atomic E-state index is -0.325. The van der Waals surface area contributed by atoms with Gasteiger partial charge >= 0.3 is 0 Å². The largest absolute Gasteiger partial charge is 0.380 e. The van der Waals surface area contributed by atoms with Gasteiger partial charge in [-0.3, -0.25) is 15.0 Å². The molecule has 0 spiro atoms. The van der Waals surface area contributed by atoms with Crippen LogP contribution in [0.25, 0.3) is 0 Å². The Labute approximate surface area is 126 Å². The lowest BCUT2D eigenvalue weighted by atomic mass is 9.94. The Morgan fingerprint density at radius 1 is 1.33 bits per heavy atom. The molecule has 0 aromatic heterocycles. The molecule has 1 N–H and O–H groups in total. The summed E-state index contributed by atoms with van der Waals surface area (Å²) >= 11 is 0. The van der Waals surface area contributed by atoms with Crippen molar-refractivity contribution >= 4 is 11.4 Å². The van der Waals surface area contributed by atoms with E-state index in [-0.39, 0.29) is 10.6 Å². The molecule has 1 aliphatic heterocycles. The van der Waals surface area contributed by atoms with Gasteiger partial charge in [0.25, 0.3) is 5.69 Å². The van der Waals surface area contributed by atoms with Gasteiger partial charge in [-0.15, -0.1) is 0 Å². The number of likely N-dealkylation sites (tertiary alicyclic amines) is 1. The van der Waals surface area contributed by atoms with Gasteiger partial charge in [0.15, 0.2) is 0 Å². The van der Waals surface area contributed by atoms with E-state index >= 15 is 0 Å². The molecule has 1 aromatic carbocycles. The average Bonchev–Trinajstić information content (AvgIpc) is 2.48. The lowest BCUT2D eigenvalue weighted by Gasteiger charge is -2.31. The van der Waals surface area contributed by atoms with Crippen LogP contribution >= 0.6 is 0 Å².